The fraction of sp³-hybridized carbons (Fsp3) is 0. The molecule has 248 valence electrons. The first-order valence-electron chi connectivity index (χ1n) is 18.0. The first-order chi connectivity index (χ1) is 26.3. The summed E-state index contributed by atoms with van der Waals surface area (Å²) >= 11 is 1.86. The van der Waals surface area contributed by atoms with E-state index >= 15 is 0 Å². The van der Waals surface area contributed by atoms with Crippen molar-refractivity contribution in [1.29, 1.82) is 0 Å². The summed E-state index contributed by atoms with van der Waals surface area (Å²) in [5.41, 5.74) is 9.63. The van der Waals surface area contributed by atoms with Gasteiger partial charge in [-0.15, -0.1) is 11.3 Å². The van der Waals surface area contributed by atoms with Crippen molar-refractivity contribution in [2.24, 2.45) is 0 Å². The lowest BCUT2D eigenvalue weighted by atomic mass is 9.99. The van der Waals surface area contributed by atoms with Gasteiger partial charge in [-0.05, 0) is 81.4 Å². The standard InChI is InChI=1S/C50H31NOS/c1-2-11-33(12-3-1)40-17-9-18-42-43-19-10-21-46(50(43)52-49(40)42)51(45-20-8-14-32-13-4-5-15-39(32)45)38-27-25-35-29-34(23-24-36(35)30-38)37-26-28-48-44(31-37)41-16-6-7-22-47(41)53-48/h1-31H. The van der Waals surface area contributed by atoms with Gasteiger partial charge in [0.2, 0.25) is 0 Å². The molecular weight excluding hydrogens is 663 g/mol. The van der Waals surface area contributed by atoms with E-state index in [4.69, 9.17) is 4.42 Å². The quantitative estimate of drug-likeness (QED) is 0.178. The lowest BCUT2D eigenvalue weighted by molar-refractivity contribution is 0.670. The average Bonchev–Trinajstić information content (AvgIpc) is 3.80. The lowest BCUT2D eigenvalue weighted by Crippen LogP contribution is -2.10. The minimum atomic E-state index is 0.866. The molecule has 0 amide bonds. The predicted octanol–water partition coefficient (Wildman–Crippen LogP) is 15.1. The minimum Gasteiger partial charge on any atom is -0.453 e. The van der Waals surface area contributed by atoms with Gasteiger partial charge >= 0.3 is 0 Å². The van der Waals surface area contributed by atoms with E-state index in [1.165, 1.54) is 52.8 Å². The van der Waals surface area contributed by atoms with Crippen molar-refractivity contribution in [2.45, 2.75) is 0 Å². The normalized spacial score (nSPS) is 11.8. The Labute approximate surface area is 310 Å². The molecule has 3 heteroatoms. The van der Waals surface area contributed by atoms with Gasteiger partial charge in [0.1, 0.15) is 5.58 Å². The number of furan rings is 1. The number of nitrogens with zero attached hydrogens (tertiary/aromatic N) is 1. The topological polar surface area (TPSA) is 16.4 Å². The maximum atomic E-state index is 6.97. The third-order valence-corrected chi connectivity index (χ3v) is 11.8. The predicted molar refractivity (Wildman–Crippen MR) is 227 cm³/mol. The summed E-state index contributed by atoms with van der Waals surface area (Å²) in [5.74, 6) is 0. The van der Waals surface area contributed by atoms with Crippen LogP contribution in [0.1, 0.15) is 0 Å². The molecule has 0 N–H and O–H groups in total. The Morgan fingerprint density at radius 3 is 1.92 bits per heavy atom. The maximum Gasteiger partial charge on any atom is 0.159 e. The average molecular weight is 694 g/mol. The van der Waals surface area contributed by atoms with Gasteiger partial charge in [-0.25, -0.2) is 0 Å². The summed E-state index contributed by atoms with van der Waals surface area (Å²) in [6, 6.07) is 67.9. The number of rotatable bonds is 5. The van der Waals surface area contributed by atoms with E-state index in [1.807, 2.05) is 11.3 Å². The van der Waals surface area contributed by atoms with Crippen LogP contribution in [0.3, 0.4) is 0 Å². The second kappa shape index (κ2) is 11.9. The third-order valence-electron chi connectivity index (χ3n) is 10.6. The summed E-state index contributed by atoms with van der Waals surface area (Å²) in [7, 11) is 0. The first kappa shape index (κ1) is 30.0. The molecule has 9 aromatic carbocycles. The molecule has 0 bridgehead atoms. The van der Waals surface area contributed by atoms with Gasteiger partial charge in [-0.2, -0.15) is 0 Å². The van der Waals surface area contributed by atoms with Crippen LogP contribution in [0.25, 0.3) is 85.9 Å². The largest absolute Gasteiger partial charge is 0.453 e. The molecule has 0 aliphatic rings. The van der Waals surface area contributed by atoms with Crippen LogP contribution in [0.4, 0.5) is 17.1 Å². The number of benzene rings is 9. The van der Waals surface area contributed by atoms with Crippen LogP contribution >= 0.6 is 11.3 Å². The number of para-hydroxylation sites is 2. The molecule has 0 unspecified atom stereocenters. The van der Waals surface area contributed by atoms with Gasteiger partial charge in [-0.1, -0.05) is 140 Å². The molecule has 0 aliphatic carbocycles. The Bertz CT molecular complexity index is 3180. The molecule has 53 heavy (non-hydrogen) atoms. The molecule has 0 aliphatic heterocycles. The fourth-order valence-electron chi connectivity index (χ4n) is 8.10. The van der Waals surface area contributed by atoms with E-state index in [1.54, 1.807) is 0 Å². The van der Waals surface area contributed by atoms with Gasteiger partial charge < -0.3 is 9.32 Å². The Hall–Kier alpha value is -6.68. The molecule has 2 nitrogen and oxygen atoms in total. The fourth-order valence-corrected chi connectivity index (χ4v) is 9.18. The van der Waals surface area contributed by atoms with Gasteiger partial charge in [0, 0.05) is 47.6 Å². The van der Waals surface area contributed by atoms with Crippen molar-refractivity contribution in [3.05, 3.63) is 188 Å². The Morgan fingerprint density at radius 1 is 0.358 bits per heavy atom. The maximum absolute atomic E-state index is 6.97. The summed E-state index contributed by atoms with van der Waals surface area (Å²) < 4.78 is 9.62. The molecule has 11 rings (SSSR count). The molecule has 0 fully saturated rings. The number of hydrogen-bond donors (Lipinski definition) is 0. The van der Waals surface area contributed by atoms with Crippen molar-refractivity contribution in [1.82, 2.24) is 0 Å². The SMILES string of the molecule is c1ccc(-c2cccc3c2oc2c(N(c4ccc5cc(-c6ccc7sc8ccccc8c7c6)ccc5c4)c4cccc5ccccc45)cccc23)cc1. The van der Waals surface area contributed by atoms with E-state index in [0.717, 1.165) is 50.1 Å². The van der Waals surface area contributed by atoms with Gasteiger partial charge in [0.05, 0.1) is 11.4 Å². The molecule has 0 saturated heterocycles. The highest BCUT2D eigenvalue weighted by atomic mass is 32.1. The molecule has 2 aromatic heterocycles. The highest BCUT2D eigenvalue weighted by molar-refractivity contribution is 7.25. The van der Waals surface area contributed by atoms with Crippen LogP contribution in [-0.4, -0.2) is 0 Å². The highest BCUT2D eigenvalue weighted by Crippen LogP contribution is 2.46. The Kier molecular flexibility index (Phi) is 6.76. The number of hydrogen-bond acceptors (Lipinski definition) is 3. The second-order valence-electron chi connectivity index (χ2n) is 13.7. The Morgan fingerprint density at radius 2 is 1.00 bits per heavy atom. The van der Waals surface area contributed by atoms with Crippen LogP contribution in [0.15, 0.2) is 192 Å². The minimum absolute atomic E-state index is 0.866. The van der Waals surface area contributed by atoms with Crippen molar-refractivity contribution >= 4 is 92.1 Å². The zero-order valence-electron chi connectivity index (χ0n) is 28.7. The summed E-state index contributed by atoms with van der Waals surface area (Å²) in [6.07, 6.45) is 0. The van der Waals surface area contributed by atoms with E-state index in [2.05, 4.69) is 193 Å². The highest BCUT2D eigenvalue weighted by Gasteiger charge is 2.22. The van der Waals surface area contributed by atoms with Crippen molar-refractivity contribution in [3.63, 3.8) is 0 Å². The molecule has 2 heterocycles. The van der Waals surface area contributed by atoms with Crippen LogP contribution < -0.4 is 4.90 Å². The zero-order chi connectivity index (χ0) is 34.9. The van der Waals surface area contributed by atoms with Crippen LogP contribution in [0.2, 0.25) is 0 Å². The molecular formula is C50H31NOS. The van der Waals surface area contributed by atoms with Gasteiger partial charge in [0.25, 0.3) is 0 Å². The van der Waals surface area contributed by atoms with E-state index in [0.29, 0.717) is 0 Å². The molecule has 0 spiro atoms. The van der Waals surface area contributed by atoms with Crippen molar-refractivity contribution in [2.75, 3.05) is 4.90 Å². The van der Waals surface area contributed by atoms with Crippen molar-refractivity contribution < 1.29 is 4.42 Å². The van der Waals surface area contributed by atoms with Crippen LogP contribution in [-0.2, 0) is 0 Å². The summed E-state index contributed by atoms with van der Waals surface area (Å²) in [5, 5.41) is 9.61. The third kappa shape index (κ3) is 4.86. The van der Waals surface area contributed by atoms with E-state index < -0.39 is 0 Å². The summed E-state index contributed by atoms with van der Waals surface area (Å²) in [4.78, 5) is 2.37. The van der Waals surface area contributed by atoms with Crippen LogP contribution in [0.5, 0.6) is 0 Å². The van der Waals surface area contributed by atoms with Gasteiger partial charge in [0.15, 0.2) is 5.58 Å². The monoisotopic (exact) mass is 693 g/mol. The number of fused-ring (bicyclic) bond motifs is 8. The second-order valence-corrected chi connectivity index (χ2v) is 14.8. The van der Waals surface area contributed by atoms with Crippen molar-refractivity contribution in [3.8, 4) is 22.3 Å². The number of thiophene rings is 1. The number of anilines is 3. The first-order valence-corrected chi connectivity index (χ1v) is 18.8. The molecule has 0 atom stereocenters. The molecule has 0 radical (unpaired) electrons. The molecule has 0 saturated carbocycles. The van der Waals surface area contributed by atoms with Crippen LogP contribution in [0, 0.1) is 0 Å². The van der Waals surface area contributed by atoms with Gasteiger partial charge in [-0.3, -0.25) is 0 Å². The zero-order valence-corrected chi connectivity index (χ0v) is 29.5. The lowest BCUT2D eigenvalue weighted by Gasteiger charge is -2.27. The smallest absolute Gasteiger partial charge is 0.159 e. The Balaban J connectivity index is 1.09. The van der Waals surface area contributed by atoms with E-state index in [9.17, 15) is 0 Å². The summed E-state index contributed by atoms with van der Waals surface area (Å²) in [6.45, 7) is 0. The van der Waals surface area contributed by atoms with E-state index in [-0.39, 0.29) is 0 Å². The molecule has 11 aromatic rings.